The molecule has 0 spiro atoms. The van der Waals surface area contributed by atoms with Gasteiger partial charge in [0.15, 0.2) is 0 Å². The SMILES string of the molecule is CN(C)S(=O)(=O)c1ccc(Cl)c(NC(=O)CC2(C(=O)O)CCCC2)c1. The number of amides is 1. The molecule has 0 saturated heterocycles. The normalized spacial score (nSPS) is 16.8. The number of rotatable bonds is 6. The molecule has 0 atom stereocenters. The number of anilines is 1. The van der Waals surface area contributed by atoms with Crippen molar-refractivity contribution >= 4 is 39.2 Å². The molecule has 1 amide bonds. The van der Waals surface area contributed by atoms with Gasteiger partial charge in [-0.3, -0.25) is 9.59 Å². The molecule has 25 heavy (non-hydrogen) atoms. The van der Waals surface area contributed by atoms with Crippen LogP contribution < -0.4 is 5.32 Å². The lowest BCUT2D eigenvalue weighted by atomic mass is 9.82. The van der Waals surface area contributed by atoms with E-state index in [9.17, 15) is 23.1 Å². The number of sulfonamides is 1. The van der Waals surface area contributed by atoms with Gasteiger partial charge in [0.2, 0.25) is 15.9 Å². The molecule has 9 heteroatoms. The van der Waals surface area contributed by atoms with E-state index in [4.69, 9.17) is 11.6 Å². The first-order valence-electron chi connectivity index (χ1n) is 7.84. The van der Waals surface area contributed by atoms with E-state index in [1.165, 1.54) is 32.3 Å². The fourth-order valence-electron chi connectivity index (χ4n) is 2.99. The van der Waals surface area contributed by atoms with Crippen molar-refractivity contribution in [1.29, 1.82) is 0 Å². The molecule has 1 fully saturated rings. The summed E-state index contributed by atoms with van der Waals surface area (Å²) < 4.78 is 25.4. The van der Waals surface area contributed by atoms with Crippen LogP contribution in [0.2, 0.25) is 5.02 Å². The molecule has 0 radical (unpaired) electrons. The van der Waals surface area contributed by atoms with Crippen molar-refractivity contribution in [2.24, 2.45) is 5.41 Å². The second-order valence-corrected chi connectivity index (χ2v) is 9.01. The molecule has 0 bridgehead atoms. The van der Waals surface area contributed by atoms with Crippen molar-refractivity contribution in [3.8, 4) is 0 Å². The van der Waals surface area contributed by atoms with Crippen LogP contribution in [0, 0.1) is 5.41 Å². The van der Waals surface area contributed by atoms with Crippen LogP contribution in [0.4, 0.5) is 5.69 Å². The molecule has 2 rings (SSSR count). The van der Waals surface area contributed by atoms with Crippen LogP contribution in [0.1, 0.15) is 32.1 Å². The van der Waals surface area contributed by atoms with Crippen LogP contribution in [-0.2, 0) is 19.6 Å². The van der Waals surface area contributed by atoms with Gasteiger partial charge < -0.3 is 10.4 Å². The van der Waals surface area contributed by atoms with E-state index >= 15 is 0 Å². The molecular weight excluding hydrogens is 368 g/mol. The minimum absolute atomic E-state index is 0.00832. The lowest BCUT2D eigenvalue weighted by Gasteiger charge is -2.23. The van der Waals surface area contributed by atoms with Gasteiger partial charge in [-0.15, -0.1) is 0 Å². The number of halogens is 1. The number of nitrogens with one attached hydrogen (secondary N) is 1. The first kappa shape index (κ1) is 19.7. The first-order chi connectivity index (χ1) is 11.6. The fourth-order valence-corrected chi connectivity index (χ4v) is 4.08. The maximum absolute atomic E-state index is 12.3. The van der Waals surface area contributed by atoms with Gasteiger partial charge in [0.1, 0.15) is 0 Å². The summed E-state index contributed by atoms with van der Waals surface area (Å²) in [5.41, 5.74) is -0.905. The highest BCUT2D eigenvalue weighted by Crippen LogP contribution is 2.41. The lowest BCUT2D eigenvalue weighted by Crippen LogP contribution is -2.32. The topological polar surface area (TPSA) is 104 Å². The Hall–Kier alpha value is -1.64. The zero-order valence-electron chi connectivity index (χ0n) is 14.1. The van der Waals surface area contributed by atoms with Crippen LogP contribution in [0.25, 0.3) is 0 Å². The molecule has 0 aromatic heterocycles. The molecule has 138 valence electrons. The van der Waals surface area contributed by atoms with E-state index in [0.29, 0.717) is 12.8 Å². The monoisotopic (exact) mass is 388 g/mol. The molecule has 0 heterocycles. The molecule has 0 unspecified atom stereocenters. The predicted octanol–water partition coefficient (Wildman–Crippen LogP) is 2.56. The molecule has 1 aliphatic rings. The van der Waals surface area contributed by atoms with Crippen molar-refractivity contribution in [2.75, 3.05) is 19.4 Å². The quantitative estimate of drug-likeness (QED) is 0.779. The van der Waals surface area contributed by atoms with Crippen LogP contribution in [0.5, 0.6) is 0 Å². The number of carbonyl (C=O) groups is 2. The Labute approximate surface area is 152 Å². The van der Waals surface area contributed by atoms with Gasteiger partial charge in [-0.2, -0.15) is 0 Å². The number of benzene rings is 1. The summed E-state index contributed by atoms with van der Waals surface area (Å²) in [5, 5.41) is 12.2. The van der Waals surface area contributed by atoms with Gasteiger partial charge in [0, 0.05) is 20.5 Å². The van der Waals surface area contributed by atoms with Gasteiger partial charge >= 0.3 is 5.97 Å². The highest BCUT2D eigenvalue weighted by molar-refractivity contribution is 7.89. The van der Waals surface area contributed by atoms with Crippen molar-refractivity contribution in [3.05, 3.63) is 23.2 Å². The summed E-state index contributed by atoms with van der Waals surface area (Å²) in [5.74, 6) is -1.47. The number of nitrogens with zero attached hydrogens (tertiary/aromatic N) is 1. The van der Waals surface area contributed by atoms with Gasteiger partial charge in [-0.25, -0.2) is 12.7 Å². The minimum atomic E-state index is -3.67. The van der Waals surface area contributed by atoms with E-state index in [1.54, 1.807) is 0 Å². The van der Waals surface area contributed by atoms with E-state index in [1.807, 2.05) is 0 Å². The third-order valence-electron chi connectivity index (χ3n) is 4.50. The summed E-state index contributed by atoms with van der Waals surface area (Å²) in [6, 6.07) is 4.01. The van der Waals surface area contributed by atoms with Gasteiger partial charge in [0.05, 0.1) is 21.0 Å². The number of carboxylic acid groups (broad SMARTS) is 1. The highest BCUT2D eigenvalue weighted by Gasteiger charge is 2.43. The zero-order chi connectivity index (χ0) is 18.8. The second kappa shape index (κ2) is 7.31. The Balaban J connectivity index is 2.22. The summed E-state index contributed by atoms with van der Waals surface area (Å²) >= 11 is 6.04. The average molecular weight is 389 g/mol. The summed E-state index contributed by atoms with van der Waals surface area (Å²) in [6.07, 6.45) is 2.30. The van der Waals surface area contributed by atoms with Gasteiger partial charge in [-0.1, -0.05) is 24.4 Å². The molecule has 0 aliphatic heterocycles. The zero-order valence-corrected chi connectivity index (χ0v) is 15.7. The van der Waals surface area contributed by atoms with Crippen LogP contribution in [0.3, 0.4) is 0 Å². The Morgan fingerprint density at radius 3 is 2.40 bits per heavy atom. The molecule has 2 N–H and O–H groups in total. The lowest BCUT2D eigenvalue weighted by molar-refractivity contribution is -0.150. The van der Waals surface area contributed by atoms with E-state index in [2.05, 4.69) is 5.32 Å². The van der Waals surface area contributed by atoms with Crippen molar-refractivity contribution in [3.63, 3.8) is 0 Å². The highest BCUT2D eigenvalue weighted by atomic mass is 35.5. The summed E-state index contributed by atoms with van der Waals surface area (Å²) in [7, 11) is -0.867. The first-order valence-corrected chi connectivity index (χ1v) is 9.66. The molecule has 1 aliphatic carbocycles. The third kappa shape index (κ3) is 4.13. The number of aliphatic carboxylic acids is 1. The molecule has 1 aromatic rings. The van der Waals surface area contributed by atoms with E-state index in [-0.39, 0.29) is 22.0 Å². The Morgan fingerprint density at radius 2 is 1.88 bits per heavy atom. The standard InChI is InChI=1S/C16H21ClN2O5S/c1-19(2)25(23,24)11-5-6-12(17)13(9-11)18-14(20)10-16(15(21)22)7-3-4-8-16/h5-6,9H,3-4,7-8,10H2,1-2H3,(H,18,20)(H,21,22). The molecular formula is C16H21ClN2O5S. The van der Waals surface area contributed by atoms with Gasteiger partial charge in [-0.05, 0) is 31.0 Å². The molecule has 7 nitrogen and oxygen atoms in total. The second-order valence-electron chi connectivity index (χ2n) is 6.45. The molecule has 1 saturated carbocycles. The van der Waals surface area contributed by atoms with Crippen molar-refractivity contribution in [2.45, 2.75) is 37.0 Å². The van der Waals surface area contributed by atoms with Crippen molar-refractivity contribution in [1.82, 2.24) is 4.31 Å². The Morgan fingerprint density at radius 1 is 1.28 bits per heavy atom. The van der Waals surface area contributed by atoms with Crippen molar-refractivity contribution < 1.29 is 23.1 Å². The fraction of sp³-hybridized carbons (Fsp3) is 0.500. The van der Waals surface area contributed by atoms with E-state index < -0.39 is 27.3 Å². The Bertz CT molecular complexity index is 786. The smallest absolute Gasteiger partial charge is 0.310 e. The number of carboxylic acids is 1. The number of hydrogen-bond acceptors (Lipinski definition) is 4. The average Bonchev–Trinajstić information content (AvgIpc) is 2.98. The summed E-state index contributed by atoms with van der Waals surface area (Å²) in [4.78, 5) is 23.9. The molecule has 1 aromatic carbocycles. The number of carbonyl (C=O) groups excluding carboxylic acids is 1. The Kier molecular flexibility index (Phi) is 5.75. The van der Waals surface area contributed by atoms with Crippen LogP contribution in [0.15, 0.2) is 23.1 Å². The van der Waals surface area contributed by atoms with Gasteiger partial charge in [0.25, 0.3) is 0 Å². The minimum Gasteiger partial charge on any atom is -0.481 e. The maximum Gasteiger partial charge on any atom is 0.310 e. The maximum atomic E-state index is 12.3. The van der Waals surface area contributed by atoms with Crippen LogP contribution >= 0.6 is 11.6 Å². The summed E-state index contributed by atoms with van der Waals surface area (Å²) in [6.45, 7) is 0. The number of hydrogen-bond donors (Lipinski definition) is 2. The third-order valence-corrected chi connectivity index (χ3v) is 6.64. The largest absolute Gasteiger partial charge is 0.481 e. The predicted molar refractivity (Wildman–Crippen MR) is 94.1 cm³/mol. The van der Waals surface area contributed by atoms with Crippen LogP contribution in [-0.4, -0.2) is 43.8 Å². The van der Waals surface area contributed by atoms with E-state index in [0.717, 1.165) is 17.1 Å².